The molecule has 0 heterocycles. The summed E-state index contributed by atoms with van der Waals surface area (Å²) >= 11 is 0. The van der Waals surface area contributed by atoms with Crippen molar-refractivity contribution in [2.24, 2.45) is 0 Å². The molecule has 0 spiro atoms. The molecule has 0 aromatic carbocycles. The maximum atomic E-state index is 11.0. The molecule has 2 unspecified atom stereocenters. The molecule has 0 radical (unpaired) electrons. The molecule has 4 nitrogen and oxygen atoms in total. The topological polar surface area (TPSA) is 52.6 Å². The quantitative estimate of drug-likeness (QED) is 0.533. The van der Waals surface area contributed by atoms with Crippen LogP contribution in [0.5, 0.6) is 0 Å². The molecule has 0 bridgehead atoms. The minimum Gasteiger partial charge on any atom is -0.458 e. The van der Waals surface area contributed by atoms with Gasteiger partial charge in [-0.05, 0) is 31.8 Å². The summed E-state index contributed by atoms with van der Waals surface area (Å²) < 4.78 is 10.3. The van der Waals surface area contributed by atoms with Crippen LogP contribution in [0.3, 0.4) is 0 Å². The zero-order valence-corrected chi connectivity index (χ0v) is 9.77. The molecule has 0 fully saturated rings. The zero-order chi connectivity index (χ0) is 12.0. The number of allylic oxidation sites excluding steroid dienone is 1. The molecule has 16 heavy (non-hydrogen) atoms. The smallest absolute Gasteiger partial charge is 0.303 e. The van der Waals surface area contributed by atoms with Crippen molar-refractivity contribution in [3.63, 3.8) is 0 Å². The fourth-order valence-electron chi connectivity index (χ4n) is 1.77. The molecule has 0 N–H and O–H groups in total. The summed E-state index contributed by atoms with van der Waals surface area (Å²) in [6, 6.07) is 0. The molecule has 0 saturated heterocycles. The molecule has 4 heteroatoms. The Balaban J connectivity index is 2.69. The predicted molar refractivity (Wildman–Crippen MR) is 58.7 cm³/mol. The summed E-state index contributed by atoms with van der Waals surface area (Å²) in [4.78, 5) is 21.9. The molecule has 90 valence electrons. The van der Waals surface area contributed by atoms with Crippen molar-refractivity contribution in [1.29, 1.82) is 0 Å². The zero-order valence-electron chi connectivity index (χ0n) is 9.77. The van der Waals surface area contributed by atoms with Gasteiger partial charge in [0.05, 0.1) is 0 Å². The maximum Gasteiger partial charge on any atom is 0.303 e. The Hall–Kier alpha value is -1.32. The van der Waals surface area contributed by atoms with Crippen molar-refractivity contribution in [3.05, 3.63) is 12.2 Å². The third kappa shape index (κ3) is 4.47. The lowest BCUT2D eigenvalue weighted by Crippen LogP contribution is -2.33. The summed E-state index contributed by atoms with van der Waals surface area (Å²) in [7, 11) is 0. The number of ether oxygens (including phenoxy) is 2. The number of carbonyl (C=O) groups excluding carboxylic acids is 2. The van der Waals surface area contributed by atoms with Crippen LogP contribution in [0.25, 0.3) is 0 Å². The van der Waals surface area contributed by atoms with Gasteiger partial charge in [0, 0.05) is 13.8 Å². The molecule has 0 saturated carbocycles. The van der Waals surface area contributed by atoms with E-state index in [4.69, 9.17) is 9.47 Å². The van der Waals surface area contributed by atoms with E-state index >= 15 is 0 Å². The summed E-state index contributed by atoms with van der Waals surface area (Å²) in [5, 5.41) is 0. The highest BCUT2D eigenvalue weighted by Crippen LogP contribution is 2.18. The largest absolute Gasteiger partial charge is 0.458 e. The van der Waals surface area contributed by atoms with E-state index in [1.165, 1.54) is 13.8 Å². The predicted octanol–water partition coefficient (Wildman–Crippen LogP) is 1.98. The first-order chi connectivity index (χ1) is 7.59. The Labute approximate surface area is 95.6 Å². The summed E-state index contributed by atoms with van der Waals surface area (Å²) in [6.45, 7) is 2.73. The first-order valence-corrected chi connectivity index (χ1v) is 5.60. The fraction of sp³-hybridized carbons (Fsp3) is 0.667. The van der Waals surface area contributed by atoms with Crippen LogP contribution >= 0.6 is 0 Å². The summed E-state index contributed by atoms with van der Waals surface area (Å²) in [5.41, 5.74) is 0. The molecule has 0 amide bonds. The van der Waals surface area contributed by atoms with Crippen molar-refractivity contribution in [2.75, 3.05) is 0 Å². The van der Waals surface area contributed by atoms with Crippen LogP contribution in [0.15, 0.2) is 12.2 Å². The van der Waals surface area contributed by atoms with E-state index < -0.39 is 6.10 Å². The number of esters is 2. The van der Waals surface area contributed by atoms with Crippen molar-refractivity contribution >= 4 is 11.9 Å². The SMILES string of the molecule is CC(=O)OC1C=CCCCCC1OC(C)=O. The Bertz CT molecular complexity index is 283. The van der Waals surface area contributed by atoms with Crippen molar-refractivity contribution in [2.45, 2.75) is 51.7 Å². The van der Waals surface area contributed by atoms with E-state index in [1.807, 2.05) is 12.2 Å². The van der Waals surface area contributed by atoms with Gasteiger partial charge in [0.2, 0.25) is 0 Å². The minimum absolute atomic E-state index is 0.337. The van der Waals surface area contributed by atoms with Gasteiger partial charge in [-0.25, -0.2) is 0 Å². The van der Waals surface area contributed by atoms with Crippen LogP contribution in [-0.2, 0) is 19.1 Å². The average Bonchev–Trinajstić information content (AvgIpc) is 2.15. The van der Waals surface area contributed by atoms with E-state index in [9.17, 15) is 9.59 Å². The number of hydrogen-bond donors (Lipinski definition) is 0. The van der Waals surface area contributed by atoms with Gasteiger partial charge in [0.1, 0.15) is 6.10 Å². The lowest BCUT2D eigenvalue weighted by atomic mass is 10.0. The van der Waals surface area contributed by atoms with Crippen molar-refractivity contribution < 1.29 is 19.1 Å². The van der Waals surface area contributed by atoms with Gasteiger partial charge >= 0.3 is 11.9 Å². The minimum atomic E-state index is -0.443. The average molecular weight is 226 g/mol. The van der Waals surface area contributed by atoms with Gasteiger partial charge in [-0.3, -0.25) is 9.59 Å². The van der Waals surface area contributed by atoms with E-state index in [1.54, 1.807) is 0 Å². The number of rotatable bonds is 2. The van der Waals surface area contributed by atoms with Gasteiger partial charge in [-0.2, -0.15) is 0 Å². The molecule has 1 aliphatic carbocycles. The van der Waals surface area contributed by atoms with E-state index in [-0.39, 0.29) is 18.0 Å². The van der Waals surface area contributed by atoms with Crippen molar-refractivity contribution in [1.82, 2.24) is 0 Å². The van der Waals surface area contributed by atoms with Crippen molar-refractivity contribution in [3.8, 4) is 0 Å². The molecule has 0 aliphatic heterocycles. The highest BCUT2D eigenvalue weighted by Gasteiger charge is 2.25. The Morgan fingerprint density at radius 3 is 2.44 bits per heavy atom. The lowest BCUT2D eigenvalue weighted by molar-refractivity contribution is -0.162. The van der Waals surface area contributed by atoms with E-state index in [0.717, 1.165) is 25.7 Å². The van der Waals surface area contributed by atoms with Gasteiger partial charge < -0.3 is 9.47 Å². The van der Waals surface area contributed by atoms with Crippen LogP contribution in [0.4, 0.5) is 0 Å². The van der Waals surface area contributed by atoms with Crippen LogP contribution in [0.2, 0.25) is 0 Å². The van der Waals surface area contributed by atoms with Gasteiger partial charge in [-0.1, -0.05) is 6.08 Å². The second-order valence-corrected chi connectivity index (χ2v) is 3.93. The fourth-order valence-corrected chi connectivity index (χ4v) is 1.77. The second-order valence-electron chi connectivity index (χ2n) is 3.93. The van der Waals surface area contributed by atoms with Crippen LogP contribution in [0.1, 0.15) is 39.5 Å². The van der Waals surface area contributed by atoms with E-state index in [2.05, 4.69) is 0 Å². The molecule has 1 rings (SSSR count). The maximum absolute atomic E-state index is 11.0. The lowest BCUT2D eigenvalue weighted by Gasteiger charge is -2.25. The van der Waals surface area contributed by atoms with Crippen LogP contribution < -0.4 is 0 Å². The Kier molecular flexibility index (Phi) is 5.02. The molecular weight excluding hydrogens is 208 g/mol. The molecule has 0 aromatic rings. The van der Waals surface area contributed by atoms with Gasteiger partial charge in [-0.15, -0.1) is 0 Å². The number of hydrogen-bond acceptors (Lipinski definition) is 4. The first-order valence-electron chi connectivity index (χ1n) is 5.60. The third-order valence-electron chi connectivity index (χ3n) is 2.42. The van der Waals surface area contributed by atoms with Gasteiger partial charge in [0.15, 0.2) is 6.10 Å². The summed E-state index contributed by atoms with van der Waals surface area (Å²) in [5.74, 6) is -0.691. The van der Waals surface area contributed by atoms with E-state index in [0.29, 0.717) is 0 Å². The highest BCUT2D eigenvalue weighted by atomic mass is 16.6. The normalized spacial score (nSPS) is 25.4. The van der Waals surface area contributed by atoms with Crippen LogP contribution in [0, 0.1) is 0 Å². The molecule has 2 atom stereocenters. The number of carbonyl (C=O) groups is 2. The standard InChI is InChI=1S/C12H18O4/c1-9(13)15-11-7-5-3-4-6-8-12(11)16-10(2)14/h5,7,11-12H,3-4,6,8H2,1-2H3. The third-order valence-corrected chi connectivity index (χ3v) is 2.42. The van der Waals surface area contributed by atoms with Crippen LogP contribution in [-0.4, -0.2) is 24.1 Å². The molecule has 1 aliphatic rings. The molecular formula is C12H18O4. The Morgan fingerprint density at radius 2 is 1.81 bits per heavy atom. The first kappa shape index (κ1) is 12.7. The highest BCUT2D eigenvalue weighted by molar-refractivity contribution is 5.67. The molecule has 0 aromatic heterocycles. The van der Waals surface area contributed by atoms with Gasteiger partial charge in [0.25, 0.3) is 0 Å². The summed E-state index contributed by atoms with van der Waals surface area (Å²) in [6.07, 6.45) is 6.75. The Morgan fingerprint density at radius 1 is 1.12 bits per heavy atom. The monoisotopic (exact) mass is 226 g/mol. The second kappa shape index (κ2) is 6.30.